The number of aromatic amines is 1. The van der Waals surface area contributed by atoms with Crippen molar-refractivity contribution in [2.24, 2.45) is 0 Å². The molecule has 22 heavy (non-hydrogen) atoms. The van der Waals surface area contributed by atoms with E-state index in [1.807, 2.05) is 6.07 Å². The second-order valence-corrected chi connectivity index (χ2v) is 6.80. The summed E-state index contributed by atoms with van der Waals surface area (Å²) >= 11 is 3.58. The smallest absolute Gasteiger partial charge is 0.0980 e. The van der Waals surface area contributed by atoms with Crippen LogP contribution >= 0.6 is 15.9 Å². The highest BCUT2D eigenvalue weighted by Crippen LogP contribution is 2.37. The van der Waals surface area contributed by atoms with Crippen molar-refractivity contribution in [3.05, 3.63) is 69.8 Å². The average molecular weight is 356 g/mol. The van der Waals surface area contributed by atoms with Crippen molar-refractivity contribution >= 4 is 26.8 Å². The molecule has 1 N–H and O–H groups in total. The lowest BCUT2D eigenvalue weighted by Crippen LogP contribution is -2.12. The maximum atomic E-state index is 6.21. The molecule has 0 saturated heterocycles. The predicted molar refractivity (Wildman–Crippen MR) is 92.9 cm³/mol. The second kappa shape index (κ2) is 5.90. The van der Waals surface area contributed by atoms with Crippen molar-refractivity contribution in [3.63, 3.8) is 0 Å². The fraction of sp³-hybridized carbons (Fsp3) is 0.263. The van der Waals surface area contributed by atoms with Crippen molar-refractivity contribution in [2.45, 2.75) is 32.0 Å². The van der Waals surface area contributed by atoms with Crippen LogP contribution in [0.5, 0.6) is 0 Å². The van der Waals surface area contributed by atoms with E-state index >= 15 is 0 Å². The normalized spacial score (nSPS) is 17.6. The van der Waals surface area contributed by atoms with E-state index in [2.05, 4.69) is 63.4 Å². The molecule has 3 heteroatoms. The molecule has 1 heterocycles. The van der Waals surface area contributed by atoms with Gasteiger partial charge < -0.3 is 9.72 Å². The Morgan fingerprint density at radius 1 is 1.14 bits per heavy atom. The van der Waals surface area contributed by atoms with E-state index in [9.17, 15) is 0 Å². The molecule has 0 bridgehead atoms. The van der Waals surface area contributed by atoms with Gasteiger partial charge in [-0.2, -0.15) is 0 Å². The number of nitrogens with one attached hydrogen (secondary N) is 1. The first-order chi connectivity index (χ1) is 10.8. The fourth-order valence-corrected chi connectivity index (χ4v) is 3.69. The summed E-state index contributed by atoms with van der Waals surface area (Å²) in [6, 6.07) is 16.8. The summed E-state index contributed by atoms with van der Waals surface area (Å²) in [5.74, 6) is 0. The molecule has 0 spiro atoms. The average Bonchev–Trinajstić information content (AvgIpc) is 2.92. The fourth-order valence-electron chi connectivity index (χ4n) is 3.33. The second-order valence-electron chi connectivity index (χ2n) is 5.88. The molecule has 0 radical (unpaired) electrons. The molecule has 4 rings (SSSR count). The van der Waals surface area contributed by atoms with Crippen LogP contribution in [-0.4, -0.2) is 4.98 Å². The Hall–Kier alpha value is -1.58. The van der Waals surface area contributed by atoms with Crippen LogP contribution in [0.1, 0.15) is 35.8 Å². The highest BCUT2D eigenvalue weighted by atomic mass is 79.9. The molecule has 3 aromatic rings. The minimum absolute atomic E-state index is 0.176. The largest absolute Gasteiger partial charge is 0.367 e. The third-order valence-corrected chi connectivity index (χ3v) is 4.90. The molecule has 0 fully saturated rings. The van der Waals surface area contributed by atoms with Crippen LogP contribution in [0.2, 0.25) is 0 Å². The van der Waals surface area contributed by atoms with Gasteiger partial charge in [-0.25, -0.2) is 0 Å². The number of aromatic nitrogens is 1. The van der Waals surface area contributed by atoms with Gasteiger partial charge in [0.2, 0.25) is 0 Å². The lowest BCUT2D eigenvalue weighted by Gasteiger charge is -2.23. The molecular formula is C19H18BrNO. The van der Waals surface area contributed by atoms with Crippen LogP contribution in [0.25, 0.3) is 10.9 Å². The van der Waals surface area contributed by atoms with E-state index in [0.717, 1.165) is 17.3 Å². The monoisotopic (exact) mass is 355 g/mol. The molecule has 112 valence electrons. The number of fused-ring (bicyclic) bond motifs is 3. The third kappa shape index (κ3) is 2.59. The topological polar surface area (TPSA) is 25.0 Å². The minimum atomic E-state index is 0.176. The van der Waals surface area contributed by atoms with E-state index in [1.165, 1.54) is 34.1 Å². The van der Waals surface area contributed by atoms with Gasteiger partial charge in [-0.1, -0.05) is 46.3 Å². The molecule has 0 amide bonds. The number of halogens is 1. The molecule has 2 nitrogen and oxygen atoms in total. The van der Waals surface area contributed by atoms with E-state index in [0.29, 0.717) is 6.61 Å². The van der Waals surface area contributed by atoms with Crippen molar-refractivity contribution in [2.75, 3.05) is 0 Å². The van der Waals surface area contributed by atoms with Gasteiger partial charge in [0.25, 0.3) is 0 Å². The summed E-state index contributed by atoms with van der Waals surface area (Å²) in [5, 5.41) is 1.33. The molecule has 1 aliphatic rings. The molecule has 0 aliphatic heterocycles. The van der Waals surface area contributed by atoms with Gasteiger partial charge in [0.15, 0.2) is 0 Å². The third-order valence-electron chi connectivity index (χ3n) is 4.41. The Bertz CT molecular complexity index is 794. The summed E-state index contributed by atoms with van der Waals surface area (Å²) in [6.07, 6.45) is 3.59. The molecule has 2 aromatic carbocycles. The maximum Gasteiger partial charge on any atom is 0.0980 e. The molecule has 1 atom stereocenters. The van der Waals surface area contributed by atoms with Crippen LogP contribution in [-0.2, 0) is 17.8 Å². The summed E-state index contributed by atoms with van der Waals surface area (Å²) in [4.78, 5) is 3.58. The quantitative estimate of drug-likeness (QED) is 0.656. The summed E-state index contributed by atoms with van der Waals surface area (Å²) in [5.41, 5.74) is 5.15. The Morgan fingerprint density at radius 2 is 2.00 bits per heavy atom. The number of rotatable bonds is 3. The lowest BCUT2D eigenvalue weighted by molar-refractivity contribution is 0.0260. The molecular weight excluding hydrogens is 338 g/mol. The first kappa shape index (κ1) is 14.0. The minimum Gasteiger partial charge on any atom is -0.367 e. The van der Waals surface area contributed by atoms with Crippen LogP contribution in [0.15, 0.2) is 53.0 Å². The van der Waals surface area contributed by atoms with Crippen LogP contribution in [0.4, 0.5) is 0 Å². The highest BCUT2D eigenvalue weighted by Gasteiger charge is 2.24. The van der Waals surface area contributed by atoms with Crippen molar-refractivity contribution < 1.29 is 4.74 Å². The van der Waals surface area contributed by atoms with Gasteiger partial charge >= 0.3 is 0 Å². The van der Waals surface area contributed by atoms with E-state index in [4.69, 9.17) is 4.74 Å². The van der Waals surface area contributed by atoms with Crippen LogP contribution in [0.3, 0.4) is 0 Å². The Balaban J connectivity index is 1.63. The first-order valence-corrected chi connectivity index (χ1v) is 8.56. The summed E-state index contributed by atoms with van der Waals surface area (Å²) < 4.78 is 7.35. The van der Waals surface area contributed by atoms with Gasteiger partial charge in [-0.3, -0.25) is 0 Å². The van der Waals surface area contributed by atoms with Crippen molar-refractivity contribution in [1.29, 1.82) is 0 Å². The summed E-state index contributed by atoms with van der Waals surface area (Å²) in [7, 11) is 0. The van der Waals surface area contributed by atoms with E-state index in [-0.39, 0.29) is 6.10 Å². The SMILES string of the molecule is Brc1ccc2[nH]c3c(c2c1)CCCC3OCc1ccccc1. The lowest BCUT2D eigenvalue weighted by atomic mass is 9.93. The predicted octanol–water partition coefficient (Wildman–Crippen LogP) is 5.52. The number of hydrogen-bond acceptors (Lipinski definition) is 1. The number of benzene rings is 2. The Kier molecular flexibility index (Phi) is 3.77. The van der Waals surface area contributed by atoms with Crippen molar-refractivity contribution in [3.8, 4) is 0 Å². The zero-order valence-corrected chi connectivity index (χ0v) is 13.9. The Morgan fingerprint density at radius 3 is 2.86 bits per heavy atom. The zero-order valence-electron chi connectivity index (χ0n) is 12.3. The first-order valence-electron chi connectivity index (χ1n) is 7.77. The van der Waals surface area contributed by atoms with Crippen LogP contribution < -0.4 is 0 Å². The molecule has 1 aromatic heterocycles. The van der Waals surface area contributed by atoms with Gasteiger partial charge in [0.05, 0.1) is 12.7 Å². The zero-order chi connectivity index (χ0) is 14.9. The number of hydrogen-bond donors (Lipinski definition) is 1. The van der Waals surface area contributed by atoms with Crippen LogP contribution in [0, 0.1) is 0 Å². The molecule has 1 aliphatic carbocycles. The van der Waals surface area contributed by atoms with E-state index < -0.39 is 0 Å². The number of aryl methyl sites for hydroxylation is 1. The molecule has 1 unspecified atom stereocenters. The Labute approximate surface area is 138 Å². The van der Waals surface area contributed by atoms with Gasteiger partial charge in [-0.15, -0.1) is 0 Å². The standard InChI is InChI=1S/C19H18BrNO/c20-14-9-10-17-16(11-14)15-7-4-8-18(19(15)21-17)22-12-13-5-2-1-3-6-13/h1-3,5-6,9-11,18,21H,4,7-8,12H2. The molecule has 0 saturated carbocycles. The van der Waals surface area contributed by atoms with Gasteiger partial charge in [0.1, 0.15) is 0 Å². The summed E-state index contributed by atoms with van der Waals surface area (Å²) in [6.45, 7) is 0.671. The van der Waals surface area contributed by atoms with Gasteiger partial charge in [0, 0.05) is 21.1 Å². The number of H-pyrrole nitrogens is 1. The highest BCUT2D eigenvalue weighted by molar-refractivity contribution is 9.10. The van der Waals surface area contributed by atoms with E-state index in [1.54, 1.807) is 0 Å². The van der Waals surface area contributed by atoms with Gasteiger partial charge in [-0.05, 0) is 48.6 Å². The van der Waals surface area contributed by atoms with Crippen molar-refractivity contribution in [1.82, 2.24) is 4.98 Å². The number of ether oxygens (including phenoxy) is 1. The maximum absolute atomic E-state index is 6.21.